The summed E-state index contributed by atoms with van der Waals surface area (Å²) < 4.78 is 5.11. The Morgan fingerprint density at radius 1 is 1.25 bits per heavy atom. The average molecular weight is 413 g/mol. The van der Waals surface area contributed by atoms with Crippen molar-refractivity contribution in [3.63, 3.8) is 0 Å². The Balaban J connectivity index is 0.000000612. The quantitative estimate of drug-likeness (QED) is 0.455. The summed E-state index contributed by atoms with van der Waals surface area (Å²) in [5, 5.41) is 0. The number of hydrogen-bond acceptors (Lipinski definition) is 1. The molecule has 2 aliphatic rings. The molecule has 0 N–H and O–H groups in total. The summed E-state index contributed by atoms with van der Waals surface area (Å²) in [5.74, 6) is 1.54. The van der Waals surface area contributed by atoms with Crippen molar-refractivity contribution in [2.24, 2.45) is 11.8 Å². The number of fused-ring (bicyclic) bond motifs is 1. The van der Waals surface area contributed by atoms with Crippen LogP contribution in [0.3, 0.4) is 0 Å². The van der Waals surface area contributed by atoms with E-state index in [0.29, 0.717) is 0 Å². The van der Waals surface area contributed by atoms with Crippen LogP contribution in [0.25, 0.3) is 4.98 Å². The number of allylic oxidation sites excluding steroid dienone is 4. The summed E-state index contributed by atoms with van der Waals surface area (Å²) in [7, 11) is 10.2. The van der Waals surface area contributed by atoms with Crippen LogP contribution in [0.1, 0.15) is 12.8 Å². The molecule has 20 heavy (non-hydrogen) atoms. The molecule has 0 spiro atoms. The fourth-order valence-electron chi connectivity index (χ4n) is 3.32. The van der Waals surface area contributed by atoms with Crippen molar-refractivity contribution in [3.05, 3.63) is 29.3 Å². The molecule has 0 aromatic carbocycles. The number of nitrogens with zero attached hydrogens (tertiary/aromatic N) is 1. The van der Waals surface area contributed by atoms with Gasteiger partial charge in [-0.2, -0.15) is 0 Å². The fourth-order valence-corrected chi connectivity index (χ4v) is 6.40. The van der Waals surface area contributed by atoms with Gasteiger partial charge >= 0.3 is 37.9 Å². The third-order valence-electron chi connectivity index (χ3n) is 4.29. The zero-order valence-corrected chi connectivity index (χ0v) is 17.5. The van der Waals surface area contributed by atoms with Gasteiger partial charge in [0.25, 0.3) is 0 Å². The van der Waals surface area contributed by atoms with Crippen LogP contribution in [0, 0.1) is 11.8 Å². The van der Waals surface area contributed by atoms with Crippen molar-refractivity contribution in [2.75, 3.05) is 20.3 Å². The fraction of sp³-hybridized carbons (Fsp3) is 0.714. The molecule has 0 amide bonds. The Kier molecular flexibility index (Phi) is 9.53. The van der Waals surface area contributed by atoms with Crippen LogP contribution in [-0.2, 0) is 25.6 Å². The van der Waals surface area contributed by atoms with Crippen LogP contribution in [0.15, 0.2) is 24.3 Å². The molecule has 0 aromatic heterocycles. The van der Waals surface area contributed by atoms with Crippen molar-refractivity contribution < 1.29 is 25.6 Å². The number of hydrogen-bond donors (Lipinski definition) is 0. The first kappa shape index (κ1) is 19.1. The topological polar surface area (TPSA) is 23.3 Å². The molecular formula is C14H24Cl2NOSiZr+. The van der Waals surface area contributed by atoms with Gasteiger partial charge in [0, 0.05) is 13.7 Å². The molecule has 3 unspecified atom stereocenters. The van der Waals surface area contributed by atoms with E-state index in [1.165, 1.54) is 12.8 Å². The summed E-state index contributed by atoms with van der Waals surface area (Å²) in [4.78, 5) is 4.97. The van der Waals surface area contributed by atoms with E-state index in [-0.39, 0.29) is 0 Å². The molecule has 0 aromatic rings. The number of rotatable bonds is 5. The number of ether oxygens (including phenoxy) is 1. The van der Waals surface area contributed by atoms with Gasteiger partial charge in [0.1, 0.15) is 0 Å². The van der Waals surface area contributed by atoms with Crippen LogP contribution >= 0.6 is 17.0 Å². The Morgan fingerprint density at radius 2 is 1.90 bits per heavy atom. The molecular weight excluding hydrogens is 388 g/mol. The van der Waals surface area contributed by atoms with Crippen molar-refractivity contribution >= 4 is 25.3 Å². The van der Waals surface area contributed by atoms with E-state index in [1.807, 2.05) is 0 Å². The first-order chi connectivity index (χ1) is 9.56. The molecule has 0 aliphatic heterocycles. The van der Waals surface area contributed by atoms with Gasteiger partial charge in [0.05, 0.1) is 0 Å². The van der Waals surface area contributed by atoms with Crippen molar-refractivity contribution in [3.8, 4) is 0 Å². The van der Waals surface area contributed by atoms with Gasteiger partial charge in [0.2, 0.25) is 0 Å². The van der Waals surface area contributed by atoms with Gasteiger partial charge < -0.3 is 9.72 Å². The molecule has 3 atom stereocenters. The molecule has 1 fully saturated rings. The molecule has 2 aliphatic carbocycles. The number of methoxy groups -OCH3 is 1. The summed E-state index contributed by atoms with van der Waals surface area (Å²) >= 11 is -0.826. The van der Waals surface area contributed by atoms with Gasteiger partial charge in [-0.05, 0) is 18.3 Å². The molecule has 0 bridgehead atoms. The molecule has 0 heterocycles. The van der Waals surface area contributed by atoms with Crippen molar-refractivity contribution in [1.82, 2.24) is 0 Å². The summed E-state index contributed by atoms with van der Waals surface area (Å²) in [6.45, 7) is 6.49. The standard InChI is InChI=1S/C14H24NOSi.2ClH.Zr/c1-16-11-10-15-17(2,3)14-9-8-12-6-4-5-7-13(12)14;;;/h4-7,12-14H,8-11H2,1-3H3;2*1H;/q-1;;;+4/p-2. The molecule has 112 valence electrons. The van der Waals surface area contributed by atoms with Crippen LogP contribution in [-0.4, -0.2) is 28.5 Å². The molecule has 2 nitrogen and oxygen atoms in total. The van der Waals surface area contributed by atoms with Crippen LogP contribution in [0.2, 0.25) is 18.6 Å². The van der Waals surface area contributed by atoms with Gasteiger partial charge in [-0.15, -0.1) is 6.54 Å². The maximum atomic E-state index is 5.11. The summed E-state index contributed by atoms with van der Waals surface area (Å²) in [5.41, 5.74) is 0.825. The van der Waals surface area contributed by atoms with Crippen LogP contribution in [0.5, 0.6) is 0 Å². The Morgan fingerprint density at radius 3 is 2.55 bits per heavy atom. The summed E-state index contributed by atoms with van der Waals surface area (Å²) in [6, 6.07) is 0. The summed E-state index contributed by atoms with van der Waals surface area (Å²) in [6.07, 6.45) is 12.0. The van der Waals surface area contributed by atoms with Crippen molar-refractivity contribution in [2.45, 2.75) is 31.5 Å². The Labute approximate surface area is 143 Å². The molecule has 1 saturated carbocycles. The third kappa shape index (κ3) is 5.70. The monoisotopic (exact) mass is 410 g/mol. The molecule has 2 rings (SSSR count). The van der Waals surface area contributed by atoms with Crippen molar-refractivity contribution in [1.29, 1.82) is 0 Å². The predicted molar refractivity (Wildman–Crippen MR) is 87.5 cm³/mol. The first-order valence-electron chi connectivity index (χ1n) is 7.05. The second kappa shape index (κ2) is 9.97. The zero-order valence-electron chi connectivity index (χ0n) is 12.5. The van der Waals surface area contributed by atoms with E-state index in [9.17, 15) is 0 Å². The van der Waals surface area contributed by atoms with E-state index in [1.54, 1.807) is 7.11 Å². The van der Waals surface area contributed by atoms with Gasteiger partial charge in [-0.1, -0.05) is 57.6 Å². The van der Waals surface area contributed by atoms with E-state index < -0.39 is 29.1 Å². The Bertz CT molecular complexity index is 339. The van der Waals surface area contributed by atoms with Gasteiger partial charge in [0.15, 0.2) is 0 Å². The second-order valence-corrected chi connectivity index (χ2v) is 13.9. The maximum absolute atomic E-state index is 5.11. The minimum atomic E-state index is -1.46. The van der Waals surface area contributed by atoms with E-state index in [0.717, 1.165) is 30.5 Å². The normalized spacial score (nSPS) is 27.6. The second-order valence-electron chi connectivity index (χ2n) is 5.79. The average Bonchev–Trinajstić information content (AvgIpc) is 2.84. The predicted octanol–water partition coefficient (Wildman–Crippen LogP) is 5.11. The first-order valence-corrected chi connectivity index (χ1v) is 16.4. The zero-order chi connectivity index (χ0) is 15.0. The van der Waals surface area contributed by atoms with E-state index >= 15 is 0 Å². The third-order valence-corrected chi connectivity index (χ3v) is 7.82. The molecule has 0 radical (unpaired) electrons. The Hall–Kier alpha value is 1.08. The van der Waals surface area contributed by atoms with E-state index in [2.05, 4.69) is 37.4 Å². The van der Waals surface area contributed by atoms with Crippen LogP contribution < -0.4 is 0 Å². The number of halogens is 2. The van der Waals surface area contributed by atoms with Gasteiger partial charge in [-0.3, -0.25) is 0 Å². The van der Waals surface area contributed by atoms with Gasteiger partial charge in [-0.25, -0.2) is 0 Å². The minimum absolute atomic E-state index is 0.757. The van der Waals surface area contributed by atoms with Crippen LogP contribution in [0.4, 0.5) is 0 Å². The molecule has 0 saturated heterocycles. The van der Waals surface area contributed by atoms with E-state index in [4.69, 9.17) is 26.7 Å². The SMILES string of the molecule is COCC[N-][Si](C)(C)C1CCC2C=CC=CC21.[Cl][Zr+2][Cl]. The molecule has 6 heteroatoms.